The summed E-state index contributed by atoms with van der Waals surface area (Å²) in [6.07, 6.45) is 0.918. The minimum Gasteiger partial charge on any atom is -0.494 e. The molecule has 0 bridgehead atoms. The normalized spacial score (nSPS) is 10.8. The highest BCUT2D eigenvalue weighted by Gasteiger charge is 2.11. The average molecular weight is 361 g/mol. The lowest BCUT2D eigenvalue weighted by molar-refractivity contribution is -0.134. The number of hydrogen-bond acceptors (Lipinski definition) is 3. The molecule has 0 spiro atoms. The van der Waals surface area contributed by atoms with Crippen LogP contribution in [0.25, 0.3) is 0 Å². The summed E-state index contributed by atoms with van der Waals surface area (Å²) in [5.74, 6) is 1.49. The molecule has 0 atom stereocenters. The number of aryl methyl sites for hydroxylation is 2. The molecule has 0 aliphatic rings. The Bertz CT molecular complexity index is 715. The monoisotopic (exact) mass is 360 g/mol. The van der Waals surface area contributed by atoms with E-state index in [4.69, 9.17) is 21.1 Å². The van der Waals surface area contributed by atoms with Gasteiger partial charge < -0.3 is 9.47 Å². The lowest BCUT2D eigenvalue weighted by atomic mass is 10.0. The Hall–Kier alpha value is -2.00. The third-order valence-electron chi connectivity index (χ3n) is 3.97. The van der Waals surface area contributed by atoms with Crippen molar-refractivity contribution in [2.75, 3.05) is 6.61 Å². The van der Waals surface area contributed by atoms with Crippen molar-refractivity contribution >= 4 is 17.6 Å². The Morgan fingerprint density at radius 3 is 2.40 bits per heavy atom. The van der Waals surface area contributed by atoms with Gasteiger partial charge in [0.2, 0.25) is 0 Å². The molecular formula is C21H25ClO3. The van der Waals surface area contributed by atoms with Gasteiger partial charge in [0.05, 0.1) is 6.61 Å². The van der Waals surface area contributed by atoms with Gasteiger partial charge in [0.25, 0.3) is 0 Å². The summed E-state index contributed by atoms with van der Waals surface area (Å²) in [4.78, 5) is 12.1. The molecule has 25 heavy (non-hydrogen) atoms. The molecule has 0 amide bonds. The summed E-state index contributed by atoms with van der Waals surface area (Å²) in [6.45, 7) is 8.52. The number of carbonyl (C=O) groups is 1. The lowest BCUT2D eigenvalue weighted by Crippen LogP contribution is -2.11. The van der Waals surface area contributed by atoms with E-state index in [2.05, 4.69) is 13.8 Å². The molecular weight excluding hydrogens is 336 g/mol. The van der Waals surface area contributed by atoms with Gasteiger partial charge >= 0.3 is 5.97 Å². The Morgan fingerprint density at radius 2 is 1.76 bits per heavy atom. The molecule has 0 aliphatic carbocycles. The molecule has 0 fully saturated rings. The number of ether oxygens (including phenoxy) is 2. The van der Waals surface area contributed by atoms with Crippen LogP contribution in [-0.4, -0.2) is 12.6 Å². The van der Waals surface area contributed by atoms with Gasteiger partial charge in [-0.1, -0.05) is 43.6 Å². The number of rotatable bonds is 7. The van der Waals surface area contributed by atoms with Crippen molar-refractivity contribution in [2.45, 2.75) is 46.5 Å². The van der Waals surface area contributed by atoms with Crippen LogP contribution in [-0.2, 0) is 4.79 Å². The van der Waals surface area contributed by atoms with Gasteiger partial charge in [0.1, 0.15) is 11.5 Å². The zero-order valence-corrected chi connectivity index (χ0v) is 16.0. The first-order valence-corrected chi connectivity index (χ1v) is 8.95. The molecule has 2 aromatic carbocycles. The van der Waals surface area contributed by atoms with Crippen molar-refractivity contribution in [2.24, 2.45) is 0 Å². The zero-order chi connectivity index (χ0) is 18.4. The van der Waals surface area contributed by atoms with E-state index in [1.54, 1.807) is 0 Å². The van der Waals surface area contributed by atoms with Crippen LogP contribution in [0.3, 0.4) is 0 Å². The second-order valence-corrected chi connectivity index (χ2v) is 6.87. The van der Waals surface area contributed by atoms with E-state index in [1.807, 2.05) is 50.2 Å². The maximum Gasteiger partial charge on any atom is 0.311 e. The molecule has 0 N–H and O–H groups in total. The predicted molar refractivity (Wildman–Crippen MR) is 102 cm³/mol. The average Bonchev–Trinajstić information content (AvgIpc) is 2.56. The van der Waals surface area contributed by atoms with Crippen molar-refractivity contribution in [1.29, 1.82) is 0 Å². The number of benzene rings is 2. The number of halogens is 1. The standard InChI is InChI=1S/C21H25ClO3/c1-14(2)18-8-5-6-9-19(18)25-20(23)10-7-11-24-17-12-15(3)21(22)16(4)13-17/h5-6,8-9,12-14H,7,10-11H2,1-4H3. The van der Waals surface area contributed by atoms with Crippen LogP contribution in [0.4, 0.5) is 0 Å². The lowest BCUT2D eigenvalue weighted by Gasteiger charge is -2.13. The molecule has 134 valence electrons. The first kappa shape index (κ1) is 19.3. The molecule has 0 saturated heterocycles. The summed E-state index contributed by atoms with van der Waals surface area (Å²) in [5, 5.41) is 0.764. The Kier molecular flexibility index (Phi) is 6.89. The Balaban J connectivity index is 1.82. The van der Waals surface area contributed by atoms with Crippen LogP contribution in [0.15, 0.2) is 36.4 Å². The third-order valence-corrected chi connectivity index (χ3v) is 4.56. The topological polar surface area (TPSA) is 35.5 Å². The molecule has 0 aromatic heterocycles. The number of carbonyl (C=O) groups excluding carboxylic acids is 1. The SMILES string of the molecule is Cc1cc(OCCCC(=O)Oc2ccccc2C(C)C)cc(C)c1Cl. The van der Waals surface area contributed by atoms with Gasteiger partial charge in [-0.3, -0.25) is 4.79 Å². The van der Waals surface area contributed by atoms with Gasteiger partial charge in [-0.15, -0.1) is 0 Å². The Morgan fingerprint density at radius 1 is 1.12 bits per heavy atom. The molecule has 2 rings (SSSR count). The van der Waals surface area contributed by atoms with E-state index in [-0.39, 0.29) is 5.97 Å². The van der Waals surface area contributed by atoms with Gasteiger partial charge in [-0.25, -0.2) is 0 Å². The first-order valence-electron chi connectivity index (χ1n) is 8.57. The highest BCUT2D eigenvalue weighted by Crippen LogP contribution is 2.27. The van der Waals surface area contributed by atoms with Crippen molar-refractivity contribution in [3.8, 4) is 11.5 Å². The molecule has 0 saturated carbocycles. The number of hydrogen-bond donors (Lipinski definition) is 0. The smallest absolute Gasteiger partial charge is 0.311 e. The van der Waals surface area contributed by atoms with Crippen molar-refractivity contribution in [1.82, 2.24) is 0 Å². The fraction of sp³-hybridized carbons (Fsp3) is 0.381. The van der Waals surface area contributed by atoms with Crippen molar-refractivity contribution in [3.63, 3.8) is 0 Å². The summed E-state index contributed by atoms with van der Waals surface area (Å²) >= 11 is 6.15. The second-order valence-electron chi connectivity index (χ2n) is 6.49. The van der Waals surface area contributed by atoms with E-state index in [9.17, 15) is 4.79 Å². The zero-order valence-electron chi connectivity index (χ0n) is 15.3. The minimum atomic E-state index is -0.236. The number of para-hydroxylation sites is 1. The fourth-order valence-electron chi connectivity index (χ4n) is 2.62. The third kappa shape index (κ3) is 5.50. The van der Waals surface area contributed by atoms with Crippen LogP contribution in [0, 0.1) is 13.8 Å². The summed E-state index contributed by atoms with van der Waals surface area (Å²) in [5.41, 5.74) is 3.02. The quantitative estimate of drug-likeness (QED) is 0.353. The maximum absolute atomic E-state index is 12.1. The van der Waals surface area contributed by atoms with Crippen molar-refractivity contribution < 1.29 is 14.3 Å². The molecule has 3 nitrogen and oxygen atoms in total. The van der Waals surface area contributed by atoms with E-state index in [0.717, 1.165) is 27.5 Å². The van der Waals surface area contributed by atoms with Gasteiger partial charge in [-0.2, -0.15) is 0 Å². The molecule has 0 heterocycles. The van der Waals surface area contributed by atoms with E-state index in [1.165, 1.54) is 0 Å². The van der Waals surface area contributed by atoms with Gasteiger partial charge in [-0.05, 0) is 61.1 Å². The van der Waals surface area contributed by atoms with Crippen LogP contribution in [0.5, 0.6) is 11.5 Å². The predicted octanol–water partition coefficient (Wildman–Crippen LogP) is 5.84. The fourth-order valence-corrected chi connectivity index (χ4v) is 2.73. The van der Waals surface area contributed by atoms with Gasteiger partial charge in [0, 0.05) is 11.4 Å². The molecule has 2 aromatic rings. The highest BCUT2D eigenvalue weighted by atomic mass is 35.5. The van der Waals surface area contributed by atoms with Crippen LogP contribution < -0.4 is 9.47 Å². The van der Waals surface area contributed by atoms with Crippen molar-refractivity contribution in [3.05, 3.63) is 58.1 Å². The maximum atomic E-state index is 12.1. The van der Waals surface area contributed by atoms with Crippen LogP contribution in [0.2, 0.25) is 5.02 Å². The summed E-state index contributed by atoms with van der Waals surface area (Å²) in [6, 6.07) is 11.5. The summed E-state index contributed by atoms with van der Waals surface area (Å²) in [7, 11) is 0. The minimum absolute atomic E-state index is 0.236. The van der Waals surface area contributed by atoms with Crippen LogP contribution in [0.1, 0.15) is 49.3 Å². The largest absolute Gasteiger partial charge is 0.494 e. The highest BCUT2D eigenvalue weighted by molar-refractivity contribution is 6.32. The Labute approximate surface area is 154 Å². The van der Waals surface area contributed by atoms with Gasteiger partial charge in [0.15, 0.2) is 0 Å². The number of esters is 1. The van der Waals surface area contributed by atoms with E-state index in [0.29, 0.717) is 31.1 Å². The molecule has 4 heteroatoms. The molecule has 0 radical (unpaired) electrons. The summed E-state index contributed by atoms with van der Waals surface area (Å²) < 4.78 is 11.2. The second kappa shape index (κ2) is 8.91. The van der Waals surface area contributed by atoms with Crippen LogP contribution >= 0.6 is 11.6 Å². The molecule has 0 unspecified atom stereocenters. The van der Waals surface area contributed by atoms with E-state index >= 15 is 0 Å². The molecule has 0 aliphatic heterocycles. The first-order chi connectivity index (χ1) is 11.9. The van der Waals surface area contributed by atoms with E-state index < -0.39 is 0 Å².